The fourth-order valence-corrected chi connectivity index (χ4v) is 5.61. The number of aliphatic imine (C=N–C) groups is 1. The Bertz CT molecular complexity index is 1770. The van der Waals surface area contributed by atoms with Crippen LogP contribution in [-0.4, -0.2) is 72.1 Å². The van der Waals surface area contributed by atoms with Gasteiger partial charge < -0.3 is 11.1 Å². The van der Waals surface area contributed by atoms with Gasteiger partial charge >= 0.3 is 6.18 Å². The summed E-state index contributed by atoms with van der Waals surface area (Å²) in [5.41, 5.74) is 5.38. The summed E-state index contributed by atoms with van der Waals surface area (Å²) in [5.74, 6) is -3.24. The molecule has 256 valence electrons. The number of alkyl halides is 4. The molecule has 3 N–H and O–H groups in total. The maximum absolute atomic E-state index is 13.9. The minimum atomic E-state index is -4.69. The highest BCUT2D eigenvalue weighted by atomic mass is 19.4. The lowest BCUT2D eigenvalue weighted by Crippen LogP contribution is -2.59. The number of carbonyl (C=O) groups is 3. The highest BCUT2D eigenvalue weighted by Crippen LogP contribution is 2.38. The van der Waals surface area contributed by atoms with Crippen molar-refractivity contribution in [2.24, 2.45) is 10.7 Å². The van der Waals surface area contributed by atoms with Crippen molar-refractivity contribution in [3.05, 3.63) is 113 Å². The number of rotatable bonds is 6. The first-order valence-corrected chi connectivity index (χ1v) is 15.2. The predicted octanol–water partition coefficient (Wildman–Crippen LogP) is 5.28. The van der Waals surface area contributed by atoms with Crippen LogP contribution in [0.15, 0.2) is 95.1 Å². The van der Waals surface area contributed by atoms with Crippen LogP contribution in [0.3, 0.4) is 0 Å². The van der Waals surface area contributed by atoms with Crippen LogP contribution in [0.2, 0.25) is 0 Å². The number of nitrogens with two attached hydrogens (primary N) is 1. The van der Waals surface area contributed by atoms with E-state index in [9.17, 15) is 36.3 Å². The average Bonchev–Trinajstić information content (AvgIpc) is 3.42. The second kappa shape index (κ2) is 15.7. The first-order valence-electron chi connectivity index (χ1n) is 15.2. The van der Waals surface area contributed by atoms with Gasteiger partial charge in [-0.2, -0.15) is 18.4 Å². The number of likely N-dealkylation sites (N-methyl/N-ethyl adjacent to an activating group) is 1. The third-order valence-electron chi connectivity index (χ3n) is 8.03. The maximum Gasteiger partial charge on any atom is 0.416 e. The summed E-state index contributed by atoms with van der Waals surface area (Å²) in [6.45, 7) is 2.13. The Morgan fingerprint density at radius 1 is 1.10 bits per heavy atom. The van der Waals surface area contributed by atoms with Gasteiger partial charge in [0.25, 0.3) is 11.8 Å². The molecule has 0 aliphatic carbocycles. The van der Waals surface area contributed by atoms with E-state index in [0.29, 0.717) is 36.6 Å². The van der Waals surface area contributed by atoms with Gasteiger partial charge in [0.1, 0.15) is 29.9 Å². The fourth-order valence-electron chi connectivity index (χ4n) is 5.61. The van der Waals surface area contributed by atoms with Crippen LogP contribution >= 0.6 is 0 Å². The summed E-state index contributed by atoms with van der Waals surface area (Å²) in [4.78, 5) is 46.7. The summed E-state index contributed by atoms with van der Waals surface area (Å²) in [6.07, 6.45) is -4.72. The predicted molar refractivity (Wildman–Crippen MR) is 172 cm³/mol. The fraction of sp³-hybridized carbons (Fsp3) is 0.286. The van der Waals surface area contributed by atoms with E-state index in [1.807, 2.05) is 6.07 Å². The van der Waals surface area contributed by atoms with E-state index >= 15 is 0 Å². The largest absolute Gasteiger partial charge is 0.416 e. The molecule has 2 aliphatic heterocycles. The first-order chi connectivity index (χ1) is 23.3. The number of nitrogens with zero attached hydrogens (tertiary/aromatic N) is 4. The zero-order valence-electron chi connectivity index (χ0n) is 26.5. The number of halogens is 5. The van der Waals surface area contributed by atoms with Gasteiger partial charge in [0.15, 0.2) is 6.29 Å². The number of aldehydes is 1. The highest BCUT2D eigenvalue weighted by Gasteiger charge is 2.46. The topological polar surface area (TPSA) is 132 Å². The molecule has 4 unspecified atom stereocenters. The molecule has 2 saturated heterocycles. The van der Waals surface area contributed by atoms with Crippen LogP contribution in [0.1, 0.15) is 40.7 Å². The van der Waals surface area contributed by atoms with E-state index < -0.39 is 47.5 Å². The van der Waals surface area contributed by atoms with E-state index in [4.69, 9.17) is 11.0 Å². The van der Waals surface area contributed by atoms with E-state index in [-0.39, 0.29) is 35.3 Å². The molecule has 5 rings (SSSR count). The number of benzene rings is 3. The number of para-hydroxylation sites is 1. The molecule has 2 aliphatic rings. The molecular weight excluding hydrogens is 647 g/mol. The minimum Gasteiger partial charge on any atom is -0.396 e. The lowest BCUT2D eigenvalue weighted by atomic mass is 9.78. The van der Waals surface area contributed by atoms with Gasteiger partial charge in [0, 0.05) is 36.6 Å². The smallest absolute Gasteiger partial charge is 0.396 e. The Labute approximate surface area is 279 Å². The Morgan fingerprint density at radius 2 is 1.78 bits per heavy atom. The summed E-state index contributed by atoms with van der Waals surface area (Å²) in [5, 5.41) is 10.9. The summed E-state index contributed by atoms with van der Waals surface area (Å²) >= 11 is 0. The van der Waals surface area contributed by atoms with Crippen LogP contribution < -0.4 is 11.1 Å². The standard InChI is InChI=1S/C29H24F4N4O3.C6H9FN2/c1-2-37-26(35-21-9-4-3-5-10-21)24(22(34)16-38)23(17-11-13-20(30)14-12-17)25(28(37)40)36-27(39)18-7-6-8-19(15-18)29(31,32)33;1-9-4-5(7)2-6(9)3-8/h3-16,23,25H,2,34H2,1H3,(H,36,39);5-6H,2,4H2,1H3/b24-22-,35-26?;. The molecule has 3 aromatic rings. The van der Waals surface area contributed by atoms with Gasteiger partial charge in [-0.3, -0.25) is 24.2 Å². The van der Waals surface area contributed by atoms with Crippen molar-refractivity contribution in [2.75, 3.05) is 20.1 Å². The second-order valence-electron chi connectivity index (χ2n) is 11.3. The van der Waals surface area contributed by atoms with Crippen LogP contribution in [0.25, 0.3) is 0 Å². The molecule has 9 nitrogen and oxygen atoms in total. The van der Waals surface area contributed by atoms with Crippen molar-refractivity contribution in [3.63, 3.8) is 0 Å². The molecule has 3 aromatic carbocycles. The number of hydrogen-bond donors (Lipinski definition) is 2. The molecule has 0 aromatic heterocycles. The van der Waals surface area contributed by atoms with Crippen molar-refractivity contribution in [1.82, 2.24) is 15.1 Å². The van der Waals surface area contributed by atoms with Gasteiger partial charge in [0.2, 0.25) is 0 Å². The molecule has 0 radical (unpaired) electrons. The number of allylic oxidation sites excluding steroid dienone is 1. The SMILES string of the molecule is CCN1C(=O)C(NC(=O)c2cccc(C(F)(F)F)c2)C(c2ccc(F)cc2)/C(=C(/N)C=O)C1=Nc1ccccc1.CN1CC(F)CC1C#N. The summed E-state index contributed by atoms with van der Waals surface area (Å²) in [7, 11) is 1.77. The van der Waals surface area contributed by atoms with Gasteiger partial charge in [-0.1, -0.05) is 36.4 Å². The van der Waals surface area contributed by atoms with Crippen LogP contribution in [-0.2, 0) is 15.8 Å². The van der Waals surface area contributed by atoms with Crippen molar-refractivity contribution in [1.29, 1.82) is 5.26 Å². The number of amides is 2. The molecule has 2 fully saturated rings. The summed E-state index contributed by atoms with van der Waals surface area (Å²) < 4.78 is 66.1. The lowest BCUT2D eigenvalue weighted by Gasteiger charge is -2.41. The third kappa shape index (κ3) is 8.55. The zero-order chi connectivity index (χ0) is 35.9. The molecule has 2 heterocycles. The highest BCUT2D eigenvalue weighted by molar-refractivity contribution is 6.17. The summed E-state index contributed by atoms with van der Waals surface area (Å²) in [6, 6.07) is 17.8. The molecule has 2 amide bonds. The van der Waals surface area contributed by atoms with E-state index in [0.717, 1.165) is 24.3 Å². The number of amidine groups is 1. The van der Waals surface area contributed by atoms with E-state index in [2.05, 4.69) is 10.3 Å². The number of nitriles is 1. The molecular formula is C35H33F5N6O3. The molecule has 0 spiro atoms. The van der Waals surface area contributed by atoms with Crippen molar-refractivity contribution in [2.45, 2.75) is 43.7 Å². The number of piperidine rings is 1. The van der Waals surface area contributed by atoms with Crippen LogP contribution in [0.5, 0.6) is 0 Å². The quantitative estimate of drug-likeness (QED) is 0.207. The van der Waals surface area contributed by atoms with Crippen molar-refractivity contribution >= 4 is 29.6 Å². The Kier molecular flexibility index (Phi) is 11.6. The monoisotopic (exact) mass is 680 g/mol. The Morgan fingerprint density at radius 3 is 2.31 bits per heavy atom. The number of nitrogens with one attached hydrogen (secondary N) is 1. The maximum atomic E-state index is 13.9. The van der Waals surface area contributed by atoms with Gasteiger partial charge in [-0.25, -0.2) is 13.8 Å². The molecule has 49 heavy (non-hydrogen) atoms. The van der Waals surface area contributed by atoms with Crippen LogP contribution in [0.4, 0.5) is 27.6 Å². The Balaban J connectivity index is 0.000000520. The van der Waals surface area contributed by atoms with Crippen molar-refractivity contribution < 1.29 is 36.3 Å². The van der Waals surface area contributed by atoms with E-state index in [1.54, 1.807) is 49.2 Å². The molecule has 14 heteroatoms. The lowest BCUT2D eigenvalue weighted by molar-refractivity contribution is -0.137. The van der Waals surface area contributed by atoms with Gasteiger partial charge in [-0.15, -0.1) is 0 Å². The molecule has 4 atom stereocenters. The second-order valence-corrected chi connectivity index (χ2v) is 11.3. The average molecular weight is 681 g/mol. The van der Waals surface area contributed by atoms with Gasteiger partial charge in [0.05, 0.1) is 23.0 Å². The van der Waals surface area contributed by atoms with E-state index in [1.165, 1.54) is 23.1 Å². The van der Waals surface area contributed by atoms with Crippen molar-refractivity contribution in [3.8, 4) is 6.07 Å². The van der Waals surface area contributed by atoms with Crippen LogP contribution in [0, 0.1) is 17.1 Å². The van der Waals surface area contributed by atoms with Gasteiger partial charge in [-0.05, 0) is 62.0 Å². The number of hydrogen-bond acceptors (Lipinski definition) is 7. The number of likely N-dealkylation sites (tertiary alicyclic amines) is 2. The normalized spacial score (nSPS) is 22.9. The zero-order valence-corrected chi connectivity index (χ0v) is 26.5. The third-order valence-corrected chi connectivity index (χ3v) is 8.03. The Hall–Kier alpha value is -5.42. The minimum absolute atomic E-state index is 0.0576. The molecule has 0 saturated carbocycles. The molecule has 0 bridgehead atoms. The first kappa shape index (κ1) is 36.4. The number of carbonyl (C=O) groups excluding carboxylic acids is 3.